The summed E-state index contributed by atoms with van der Waals surface area (Å²) in [5, 5.41) is 2.70. The van der Waals surface area contributed by atoms with Crippen LogP contribution >= 0.6 is 0 Å². The Morgan fingerprint density at radius 2 is 1.35 bits per heavy atom. The van der Waals surface area contributed by atoms with E-state index < -0.39 is 0 Å². The Labute approximate surface area is 378 Å². The van der Waals surface area contributed by atoms with Gasteiger partial charge in [-0.2, -0.15) is 0 Å². The SMILES string of the molecule is C=C/C=C\C(C)=C(/C)c1cc(/C(C=C)=C/C=C(\C)CCC)ccc1C.C=CCC(C)C(C=C)c1ccc(C)c2ccccc12.CC.Cc1ccc2c(c1)C(C)(C)c1ccccc1-2. The fourth-order valence-electron chi connectivity index (χ4n) is 8.40. The third kappa shape index (κ3) is 12.7. The van der Waals surface area contributed by atoms with E-state index in [0.717, 1.165) is 18.4 Å². The first-order chi connectivity index (χ1) is 29.7. The summed E-state index contributed by atoms with van der Waals surface area (Å²) in [6, 6.07) is 35.3. The number of aryl methyl sites for hydroxylation is 3. The van der Waals surface area contributed by atoms with Crippen molar-refractivity contribution in [3.63, 3.8) is 0 Å². The molecule has 62 heavy (non-hydrogen) atoms. The van der Waals surface area contributed by atoms with Crippen LogP contribution in [0.4, 0.5) is 0 Å². The van der Waals surface area contributed by atoms with Crippen LogP contribution in [0.3, 0.4) is 0 Å². The highest BCUT2D eigenvalue weighted by molar-refractivity contribution is 5.89. The highest BCUT2D eigenvalue weighted by Gasteiger charge is 2.34. The first-order valence-electron chi connectivity index (χ1n) is 22.7. The van der Waals surface area contributed by atoms with Crippen molar-refractivity contribution in [2.75, 3.05) is 0 Å². The molecule has 0 saturated heterocycles. The third-order valence-corrected chi connectivity index (χ3v) is 12.1. The summed E-state index contributed by atoms with van der Waals surface area (Å²) in [5.74, 6) is 0.907. The van der Waals surface area contributed by atoms with Crippen LogP contribution < -0.4 is 0 Å². The first-order valence-corrected chi connectivity index (χ1v) is 22.7. The predicted molar refractivity (Wildman–Crippen MR) is 281 cm³/mol. The van der Waals surface area contributed by atoms with Gasteiger partial charge >= 0.3 is 0 Å². The molecule has 0 radical (unpaired) electrons. The Balaban J connectivity index is 0.000000248. The van der Waals surface area contributed by atoms with Crippen LogP contribution in [0.2, 0.25) is 0 Å². The molecular formula is C62H76. The molecule has 1 aliphatic rings. The highest BCUT2D eigenvalue weighted by atomic mass is 14.4. The van der Waals surface area contributed by atoms with Gasteiger partial charge in [0, 0.05) is 11.3 Å². The van der Waals surface area contributed by atoms with Gasteiger partial charge in [0.1, 0.15) is 0 Å². The minimum atomic E-state index is 0.151. The Morgan fingerprint density at radius 1 is 0.710 bits per heavy atom. The van der Waals surface area contributed by atoms with Crippen LogP contribution in [0, 0.1) is 26.7 Å². The van der Waals surface area contributed by atoms with Gasteiger partial charge in [0.2, 0.25) is 0 Å². The van der Waals surface area contributed by atoms with Crippen molar-refractivity contribution < 1.29 is 0 Å². The van der Waals surface area contributed by atoms with Crippen LogP contribution in [0.15, 0.2) is 183 Å². The number of hydrogen-bond acceptors (Lipinski definition) is 0. The maximum atomic E-state index is 4.04. The smallest absolute Gasteiger partial charge is 0.0158 e. The Kier molecular flexibility index (Phi) is 20.1. The van der Waals surface area contributed by atoms with Crippen molar-refractivity contribution in [3.8, 4) is 11.1 Å². The van der Waals surface area contributed by atoms with Gasteiger partial charge < -0.3 is 0 Å². The maximum Gasteiger partial charge on any atom is 0.0158 e. The molecule has 5 aromatic rings. The summed E-state index contributed by atoms with van der Waals surface area (Å²) in [6.45, 7) is 41.7. The fourth-order valence-corrected chi connectivity index (χ4v) is 8.40. The molecule has 0 aromatic heterocycles. The molecular weight excluding hydrogens is 745 g/mol. The molecule has 6 rings (SSSR count). The second kappa shape index (κ2) is 24.7. The van der Waals surface area contributed by atoms with E-state index >= 15 is 0 Å². The molecule has 5 aromatic carbocycles. The van der Waals surface area contributed by atoms with Gasteiger partial charge in [-0.1, -0.05) is 212 Å². The molecule has 0 aliphatic heterocycles. The highest BCUT2D eigenvalue weighted by Crippen LogP contribution is 2.48. The largest absolute Gasteiger partial charge is 0.103 e. The van der Waals surface area contributed by atoms with E-state index in [4.69, 9.17) is 0 Å². The second-order valence-corrected chi connectivity index (χ2v) is 17.0. The van der Waals surface area contributed by atoms with Gasteiger partial charge in [-0.25, -0.2) is 0 Å². The minimum absolute atomic E-state index is 0.151. The average Bonchev–Trinajstić information content (AvgIpc) is 3.50. The Bertz CT molecular complexity index is 2430. The van der Waals surface area contributed by atoms with Gasteiger partial charge in [-0.3, -0.25) is 0 Å². The summed E-state index contributed by atoms with van der Waals surface area (Å²) in [6.07, 6.45) is 19.6. The van der Waals surface area contributed by atoms with Crippen molar-refractivity contribution in [2.24, 2.45) is 5.92 Å². The summed E-state index contributed by atoms with van der Waals surface area (Å²) in [5.41, 5.74) is 18.8. The number of fused-ring (bicyclic) bond motifs is 4. The first kappa shape index (κ1) is 50.6. The lowest BCUT2D eigenvalue weighted by atomic mass is 9.82. The molecule has 2 atom stereocenters. The van der Waals surface area contributed by atoms with Crippen molar-refractivity contribution in [1.29, 1.82) is 0 Å². The molecule has 0 amide bonds. The number of allylic oxidation sites excluding steroid dienone is 12. The zero-order chi connectivity index (χ0) is 46.0. The molecule has 0 spiro atoms. The van der Waals surface area contributed by atoms with Gasteiger partial charge in [0.15, 0.2) is 0 Å². The van der Waals surface area contributed by atoms with Gasteiger partial charge in [-0.05, 0) is 144 Å². The average molecular weight is 821 g/mol. The summed E-state index contributed by atoms with van der Waals surface area (Å²) < 4.78 is 0. The molecule has 0 nitrogen and oxygen atoms in total. The molecule has 1 aliphatic carbocycles. The van der Waals surface area contributed by atoms with E-state index in [1.165, 1.54) is 89.5 Å². The third-order valence-electron chi connectivity index (χ3n) is 12.1. The van der Waals surface area contributed by atoms with E-state index in [1.807, 2.05) is 38.2 Å². The lowest BCUT2D eigenvalue weighted by molar-refractivity contribution is 0.535. The van der Waals surface area contributed by atoms with Crippen LogP contribution in [-0.2, 0) is 5.41 Å². The monoisotopic (exact) mass is 821 g/mol. The minimum Gasteiger partial charge on any atom is -0.103 e. The molecule has 0 saturated carbocycles. The van der Waals surface area contributed by atoms with Crippen LogP contribution in [0.5, 0.6) is 0 Å². The van der Waals surface area contributed by atoms with Crippen LogP contribution in [0.1, 0.15) is 132 Å². The lowest BCUT2D eigenvalue weighted by Gasteiger charge is -2.22. The van der Waals surface area contributed by atoms with Crippen molar-refractivity contribution in [3.05, 3.63) is 228 Å². The van der Waals surface area contributed by atoms with Gasteiger partial charge in [0.25, 0.3) is 0 Å². The van der Waals surface area contributed by atoms with E-state index in [2.05, 4.69) is 217 Å². The van der Waals surface area contributed by atoms with Crippen LogP contribution in [-0.4, -0.2) is 0 Å². The zero-order valence-corrected chi connectivity index (χ0v) is 40.5. The van der Waals surface area contributed by atoms with Gasteiger partial charge in [-0.15, -0.1) is 13.2 Å². The van der Waals surface area contributed by atoms with Crippen molar-refractivity contribution in [2.45, 2.75) is 114 Å². The summed E-state index contributed by atoms with van der Waals surface area (Å²) in [7, 11) is 0. The lowest BCUT2D eigenvalue weighted by Crippen LogP contribution is -2.14. The topological polar surface area (TPSA) is 0 Å². The number of rotatable bonds is 13. The van der Waals surface area contributed by atoms with Crippen molar-refractivity contribution >= 4 is 21.9 Å². The van der Waals surface area contributed by atoms with E-state index in [9.17, 15) is 0 Å². The normalized spacial score (nSPS) is 14.0. The van der Waals surface area contributed by atoms with E-state index in [1.54, 1.807) is 0 Å². The number of hydrogen-bond donors (Lipinski definition) is 0. The maximum absolute atomic E-state index is 4.04. The molecule has 0 heterocycles. The fraction of sp³-hybridized carbons (Fsp3) is 0.290. The molecule has 0 N–H and O–H groups in total. The van der Waals surface area contributed by atoms with E-state index in [-0.39, 0.29) is 5.41 Å². The standard InChI is InChI=1S/C25H32.C19H22.C16H16.C2H6/c1-8-11-13-20(5)22(7)25-18-24(17-15-21(25)6)23(10-3)16-14-19(4)12-9-2;1-5-9-14(3)16(6-2)19-13-12-15(4)17-10-7-8-11-18(17)19;1-11-8-9-13-12-6-4-5-7-14(12)16(2,3)15(13)10-11;1-2/h8,10-11,13-18H,1,3,9,12H2,2,4-7H3;5-8,10-14,16H,1-2,9H2,3-4H3;4-10H,1-3H3;1-2H3/b13-11-,19-14+,22-20+,23-16+;;;. The molecule has 0 bridgehead atoms. The van der Waals surface area contributed by atoms with E-state index in [0.29, 0.717) is 11.8 Å². The molecule has 324 valence electrons. The van der Waals surface area contributed by atoms with Gasteiger partial charge in [0.05, 0.1) is 0 Å². The molecule has 2 unspecified atom stereocenters. The number of benzene rings is 5. The second-order valence-electron chi connectivity index (χ2n) is 17.0. The van der Waals surface area contributed by atoms with Crippen LogP contribution in [0.25, 0.3) is 33.0 Å². The molecule has 0 heteroatoms. The Hall–Kier alpha value is -5.72. The van der Waals surface area contributed by atoms with Crippen molar-refractivity contribution in [1.82, 2.24) is 0 Å². The molecule has 0 fully saturated rings. The summed E-state index contributed by atoms with van der Waals surface area (Å²) in [4.78, 5) is 0. The summed E-state index contributed by atoms with van der Waals surface area (Å²) >= 11 is 0. The Morgan fingerprint density at radius 3 is 2.00 bits per heavy atom. The quantitative estimate of drug-likeness (QED) is 0.0820. The zero-order valence-electron chi connectivity index (χ0n) is 40.5. The predicted octanol–water partition coefficient (Wildman–Crippen LogP) is 18.8.